The maximum Gasteiger partial charge on any atom is 0.225 e. The lowest BCUT2D eigenvalue weighted by molar-refractivity contribution is -0.118. The summed E-state index contributed by atoms with van der Waals surface area (Å²) in [5.41, 5.74) is 7.68. The van der Waals surface area contributed by atoms with Crippen LogP contribution < -0.4 is 11.1 Å². The van der Waals surface area contributed by atoms with Crippen molar-refractivity contribution in [3.8, 4) is 0 Å². The molecule has 2 rings (SSSR count). The quantitative estimate of drug-likeness (QED) is 0.885. The van der Waals surface area contributed by atoms with Crippen LogP contribution >= 0.6 is 11.6 Å². The van der Waals surface area contributed by atoms with Crippen LogP contribution in [0, 0.1) is 12.3 Å². The van der Waals surface area contributed by atoms with Crippen LogP contribution in [0.2, 0.25) is 5.02 Å². The van der Waals surface area contributed by atoms with E-state index in [1.54, 1.807) is 0 Å². The van der Waals surface area contributed by atoms with E-state index in [0.29, 0.717) is 23.7 Å². The fourth-order valence-corrected chi connectivity index (χ4v) is 3.29. The minimum absolute atomic E-state index is 0.0144. The second-order valence-corrected chi connectivity index (χ2v) is 6.38. The highest BCUT2D eigenvalue weighted by atomic mass is 35.5. The van der Waals surface area contributed by atoms with Crippen molar-refractivity contribution in [2.45, 2.75) is 45.4 Å². The van der Waals surface area contributed by atoms with Gasteiger partial charge in [-0.2, -0.15) is 0 Å². The molecule has 1 aliphatic rings. The summed E-state index contributed by atoms with van der Waals surface area (Å²) < 4.78 is 0. The molecule has 0 saturated heterocycles. The number of halogens is 1. The van der Waals surface area contributed by atoms with E-state index in [0.717, 1.165) is 18.4 Å². The third-order valence-corrected chi connectivity index (χ3v) is 4.59. The highest BCUT2D eigenvalue weighted by molar-refractivity contribution is 6.33. The summed E-state index contributed by atoms with van der Waals surface area (Å²) in [7, 11) is 0. The monoisotopic (exact) mass is 294 g/mol. The van der Waals surface area contributed by atoms with Gasteiger partial charge in [0.05, 0.1) is 10.7 Å². The van der Waals surface area contributed by atoms with Gasteiger partial charge in [-0.15, -0.1) is 0 Å². The molecule has 0 aliphatic heterocycles. The van der Waals surface area contributed by atoms with Gasteiger partial charge in [-0.1, -0.05) is 36.9 Å². The van der Waals surface area contributed by atoms with Gasteiger partial charge in [0.25, 0.3) is 0 Å². The molecular formula is C16H23ClN2O. The zero-order valence-corrected chi connectivity index (χ0v) is 12.8. The lowest BCUT2D eigenvalue weighted by Crippen LogP contribution is -2.36. The summed E-state index contributed by atoms with van der Waals surface area (Å²) in [6.45, 7) is 2.56. The van der Waals surface area contributed by atoms with Crippen LogP contribution in [0.15, 0.2) is 18.2 Å². The number of hydrogen-bond donors (Lipinski definition) is 2. The molecule has 3 N–H and O–H groups in total. The van der Waals surface area contributed by atoms with E-state index in [1.165, 1.54) is 19.3 Å². The molecule has 0 heterocycles. The van der Waals surface area contributed by atoms with Crippen molar-refractivity contribution in [1.82, 2.24) is 0 Å². The molecule has 4 heteroatoms. The summed E-state index contributed by atoms with van der Waals surface area (Å²) in [6, 6.07) is 5.66. The molecule has 1 fully saturated rings. The number of aryl methyl sites for hydroxylation is 1. The van der Waals surface area contributed by atoms with Gasteiger partial charge in [0.1, 0.15) is 0 Å². The van der Waals surface area contributed by atoms with Crippen LogP contribution in [0.3, 0.4) is 0 Å². The van der Waals surface area contributed by atoms with Gasteiger partial charge in [0, 0.05) is 6.42 Å². The van der Waals surface area contributed by atoms with E-state index in [-0.39, 0.29) is 11.3 Å². The Morgan fingerprint density at radius 2 is 2.05 bits per heavy atom. The summed E-state index contributed by atoms with van der Waals surface area (Å²) in [5, 5.41) is 3.50. The van der Waals surface area contributed by atoms with Crippen LogP contribution in [-0.4, -0.2) is 12.5 Å². The molecule has 0 radical (unpaired) electrons. The first-order valence-corrected chi connectivity index (χ1v) is 7.69. The first-order valence-electron chi connectivity index (χ1n) is 7.31. The number of nitrogens with two attached hydrogens (primary N) is 1. The fraction of sp³-hybridized carbons (Fsp3) is 0.562. The van der Waals surface area contributed by atoms with Gasteiger partial charge in [0.15, 0.2) is 0 Å². The molecule has 3 nitrogen and oxygen atoms in total. The molecule has 0 spiro atoms. The molecule has 0 unspecified atom stereocenters. The van der Waals surface area contributed by atoms with Crippen LogP contribution in [0.5, 0.6) is 0 Å². The van der Waals surface area contributed by atoms with Crippen molar-refractivity contribution >= 4 is 23.2 Å². The third kappa shape index (κ3) is 3.74. The van der Waals surface area contributed by atoms with E-state index < -0.39 is 0 Å². The first-order chi connectivity index (χ1) is 9.54. The fourth-order valence-electron chi connectivity index (χ4n) is 3.01. The zero-order chi connectivity index (χ0) is 14.6. The number of hydrogen-bond acceptors (Lipinski definition) is 2. The third-order valence-electron chi connectivity index (χ3n) is 4.28. The number of carbonyl (C=O) groups is 1. The lowest BCUT2D eigenvalue weighted by Gasteiger charge is -2.35. The summed E-state index contributed by atoms with van der Waals surface area (Å²) in [6.07, 6.45) is 6.21. The van der Waals surface area contributed by atoms with E-state index in [2.05, 4.69) is 5.32 Å². The van der Waals surface area contributed by atoms with E-state index in [4.69, 9.17) is 17.3 Å². The number of carbonyl (C=O) groups excluding carboxylic acids is 1. The van der Waals surface area contributed by atoms with Crippen LogP contribution in [0.1, 0.15) is 44.1 Å². The molecule has 1 aromatic carbocycles. The van der Waals surface area contributed by atoms with E-state index >= 15 is 0 Å². The Hall–Kier alpha value is -1.06. The normalized spacial score (nSPS) is 17.8. The van der Waals surface area contributed by atoms with Crippen molar-refractivity contribution in [2.24, 2.45) is 11.1 Å². The molecule has 1 aromatic rings. The van der Waals surface area contributed by atoms with Crippen molar-refractivity contribution in [2.75, 3.05) is 11.9 Å². The first kappa shape index (κ1) is 15.3. The molecule has 1 saturated carbocycles. The number of rotatable bonds is 4. The van der Waals surface area contributed by atoms with Crippen LogP contribution in [-0.2, 0) is 4.79 Å². The highest BCUT2D eigenvalue weighted by Crippen LogP contribution is 2.38. The van der Waals surface area contributed by atoms with E-state index in [1.807, 2.05) is 25.1 Å². The summed E-state index contributed by atoms with van der Waals surface area (Å²) in [5.74, 6) is 0.0168. The molecular weight excluding hydrogens is 272 g/mol. The summed E-state index contributed by atoms with van der Waals surface area (Å²) in [4.78, 5) is 12.3. The summed E-state index contributed by atoms with van der Waals surface area (Å²) >= 11 is 6.15. The molecule has 0 bridgehead atoms. The molecule has 1 amide bonds. The van der Waals surface area contributed by atoms with Gasteiger partial charge in [-0.25, -0.2) is 0 Å². The van der Waals surface area contributed by atoms with Crippen molar-refractivity contribution < 1.29 is 4.79 Å². The molecule has 1 aliphatic carbocycles. The number of anilines is 1. The second-order valence-electron chi connectivity index (χ2n) is 5.97. The zero-order valence-electron chi connectivity index (χ0n) is 12.0. The van der Waals surface area contributed by atoms with Gasteiger partial charge in [-0.05, 0) is 49.4 Å². The molecule has 110 valence electrons. The van der Waals surface area contributed by atoms with E-state index in [9.17, 15) is 4.79 Å². The Balaban J connectivity index is 2.00. The molecule has 0 aromatic heterocycles. The van der Waals surface area contributed by atoms with Gasteiger partial charge in [-0.3, -0.25) is 4.79 Å². The maximum absolute atomic E-state index is 12.3. The van der Waals surface area contributed by atoms with Crippen molar-refractivity contribution in [3.63, 3.8) is 0 Å². The maximum atomic E-state index is 12.3. The average molecular weight is 295 g/mol. The minimum Gasteiger partial charge on any atom is -0.330 e. The highest BCUT2D eigenvalue weighted by Gasteiger charge is 2.33. The predicted molar refractivity (Wildman–Crippen MR) is 84.0 cm³/mol. The number of nitrogens with one attached hydrogen (secondary N) is 1. The topological polar surface area (TPSA) is 55.1 Å². The van der Waals surface area contributed by atoms with Crippen LogP contribution in [0.25, 0.3) is 0 Å². The largest absolute Gasteiger partial charge is 0.330 e. The van der Waals surface area contributed by atoms with Crippen LogP contribution in [0.4, 0.5) is 5.69 Å². The lowest BCUT2D eigenvalue weighted by atomic mass is 9.71. The minimum atomic E-state index is -0.0144. The van der Waals surface area contributed by atoms with Crippen molar-refractivity contribution in [1.29, 1.82) is 0 Å². The molecule has 0 atom stereocenters. The average Bonchev–Trinajstić information content (AvgIpc) is 2.43. The second kappa shape index (κ2) is 6.59. The Morgan fingerprint density at radius 3 is 2.65 bits per heavy atom. The SMILES string of the molecule is Cc1ccc(NC(=O)CC2(CN)CCCCC2)c(Cl)c1. The standard InChI is InChI=1S/C16H23ClN2O/c1-12-5-6-14(13(17)9-12)19-15(20)10-16(11-18)7-3-2-4-8-16/h5-6,9H,2-4,7-8,10-11,18H2,1H3,(H,19,20). The molecule has 20 heavy (non-hydrogen) atoms. The number of benzene rings is 1. The Labute approximate surface area is 125 Å². The Kier molecular flexibility index (Phi) is 5.06. The van der Waals surface area contributed by atoms with Gasteiger partial charge in [0.2, 0.25) is 5.91 Å². The van der Waals surface area contributed by atoms with Crippen molar-refractivity contribution in [3.05, 3.63) is 28.8 Å². The smallest absolute Gasteiger partial charge is 0.225 e. The Morgan fingerprint density at radius 1 is 1.35 bits per heavy atom. The number of amides is 1. The van der Waals surface area contributed by atoms with Gasteiger partial charge >= 0.3 is 0 Å². The Bertz CT molecular complexity index is 481. The predicted octanol–water partition coefficient (Wildman–Crippen LogP) is 3.89. The van der Waals surface area contributed by atoms with Gasteiger partial charge < -0.3 is 11.1 Å².